The van der Waals surface area contributed by atoms with Crippen molar-refractivity contribution in [1.82, 2.24) is 10.3 Å². The monoisotopic (exact) mass is 369 g/mol. The molecule has 1 fully saturated rings. The Bertz CT molecular complexity index is 594. The molecular weight excluding hydrogens is 354 g/mol. The lowest BCUT2D eigenvalue weighted by molar-refractivity contribution is -0.137. The first-order valence-corrected chi connectivity index (χ1v) is 7.68. The van der Waals surface area contributed by atoms with E-state index in [9.17, 15) is 22.4 Å². The summed E-state index contributed by atoms with van der Waals surface area (Å²) in [7, 11) is 0. The van der Waals surface area contributed by atoms with Crippen molar-refractivity contribution in [2.45, 2.75) is 38.3 Å². The van der Waals surface area contributed by atoms with Crippen LogP contribution in [0.5, 0.6) is 0 Å². The van der Waals surface area contributed by atoms with Crippen LogP contribution in [0.15, 0.2) is 12.1 Å². The van der Waals surface area contributed by atoms with E-state index in [0.717, 1.165) is 12.1 Å². The summed E-state index contributed by atoms with van der Waals surface area (Å²) in [6, 6.07) is 1.47. The molecule has 1 atom stereocenters. The molecular formula is C14H16ClF4N3O2. The highest BCUT2D eigenvalue weighted by Gasteiger charge is 2.39. The van der Waals surface area contributed by atoms with Gasteiger partial charge in [0.25, 0.3) is 0 Å². The molecule has 5 nitrogen and oxygen atoms in total. The third-order valence-electron chi connectivity index (χ3n) is 3.40. The standard InChI is InChI=1S/C14H16ClF4N3O2/c1-2-3-11(16)24-13(23)20-8-6-22(7-8)12-9(14(17,18)19)4-5-10(15)21-12/h4-5,8,11H,2-3,6-7H2,1H3,(H,20,23). The summed E-state index contributed by atoms with van der Waals surface area (Å²) in [5, 5.41) is 2.33. The van der Waals surface area contributed by atoms with Crippen molar-refractivity contribution in [1.29, 1.82) is 0 Å². The second-order valence-electron chi connectivity index (χ2n) is 5.35. The van der Waals surface area contributed by atoms with E-state index in [0.29, 0.717) is 6.42 Å². The summed E-state index contributed by atoms with van der Waals surface area (Å²) in [5.41, 5.74) is -0.903. The van der Waals surface area contributed by atoms with E-state index in [1.165, 1.54) is 4.90 Å². The Morgan fingerprint density at radius 3 is 2.75 bits per heavy atom. The topological polar surface area (TPSA) is 54.5 Å². The number of rotatable bonds is 5. The van der Waals surface area contributed by atoms with Gasteiger partial charge in [0.05, 0.1) is 11.6 Å². The fraction of sp³-hybridized carbons (Fsp3) is 0.571. The van der Waals surface area contributed by atoms with Crippen LogP contribution in [-0.4, -0.2) is 36.6 Å². The summed E-state index contributed by atoms with van der Waals surface area (Å²) in [4.78, 5) is 16.5. The predicted molar refractivity (Wildman–Crippen MR) is 79.7 cm³/mol. The van der Waals surface area contributed by atoms with Crippen molar-refractivity contribution in [3.05, 3.63) is 22.8 Å². The average molecular weight is 370 g/mol. The van der Waals surface area contributed by atoms with Gasteiger partial charge in [-0.3, -0.25) is 0 Å². The molecule has 2 rings (SSSR count). The molecule has 1 amide bonds. The molecule has 134 valence electrons. The molecule has 1 aromatic heterocycles. The SMILES string of the molecule is CCCC(F)OC(=O)NC1CN(c2nc(Cl)ccc2C(F)(F)F)C1. The Balaban J connectivity index is 1.93. The van der Waals surface area contributed by atoms with Gasteiger partial charge in [0.15, 0.2) is 0 Å². The fourth-order valence-electron chi connectivity index (χ4n) is 2.23. The lowest BCUT2D eigenvalue weighted by Gasteiger charge is -2.41. The lowest BCUT2D eigenvalue weighted by Crippen LogP contribution is -2.60. The highest BCUT2D eigenvalue weighted by Crippen LogP contribution is 2.37. The van der Waals surface area contributed by atoms with E-state index < -0.39 is 30.2 Å². The first-order chi connectivity index (χ1) is 11.2. The molecule has 0 aromatic carbocycles. The first kappa shape index (κ1) is 18.6. The van der Waals surface area contributed by atoms with Crippen LogP contribution < -0.4 is 10.2 Å². The maximum Gasteiger partial charge on any atom is 0.419 e. The summed E-state index contributed by atoms with van der Waals surface area (Å²) in [5.74, 6) is -0.296. The van der Waals surface area contributed by atoms with E-state index in [2.05, 4.69) is 15.0 Å². The molecule has 1 saturated heterocycles. The number of amides is 1. The largest absolute Gasteiger partial charge is 0.419 e. The predicted octanol–water partition coefficient (Wildman–Crippen LogP) is 3.76. The van der Waals surface area contributed by atoms with Gasteiger partial charge >= 0.3 is 12.3 Å². The molecule has 0 bridgehead atoms. The number of halogens is 5. The van der Waals surface area contributed by atoms with Crippen molar-refractivity contribution in [2.24, 2.45) is 0 Å². The van der Waals surface area contributed by atoms with Crippen LogP contribution in [0, 0.1) is 0 Å². The van der Waals surface area contributed by atoms with E-state index in [1.54, 1.807) is 6.92 Å². The number of alkyl carbamates (subject to hydrolysis) is 1. The minimum atomic E-state index is -4.56. The van der Waals surface area contributed by atoms with Crippen LogP contribution in [0.25, 0.3) is 0 Å². The van der Waals surface area contributed by atoms with Gasteiger partial charge in [-0.15, -0.1) is 0 Å². The average Bonchev–Trinajstić information content (AvgIpc) is 2.41. The minimum absolute atomic E-state index is 0.0614. The summed E-state index contributed by atoms with van der Waals surface area (Å²) in [6.07, 6.45) is -6.59. The van der Waals surface area contributed by atoms with Crippen molar-refractivity contribution >= 4 is 23.5 Å². The maximum atomic E-state index is 13.2. The smallest absolute Gasteiger partial charge is 0.415 e. The second kappa shape index (κ2) is 7.42. The quantitative estimate of drug-likeness (QED) is 0.634. The van der Waals surface area contributed by atoms with Crippen LogP contribution in [0.3, 0.4) is 0 Å². The molecule has 0 spiro atoms. The number of nitrogens with one attached hydrogen (secondary N) is 1. The third-order valence-corrected chi connectivity index (χ3v) is 3.61. The number of nitrogens with zero attached hydrogens (tertiary/aromatic N) is 2. The molecule has 1 aliphatic rings. The van der Waals surface area contributed by atoms with Crippen molar-refractivity contribution in [2.75, 3.05) is 18.0 Å². The van der Waals surface area contributed by atoms with Crippen molar-refractivity contribution in [3.8, 4) is 0 Å². The third kappa shape index (κ3) is 4.62. The van der Waals surface area contributed by atoms with Gasteiger partial charge in [0, 0.05) is 19.5 Å². The Kier molecular flexibility index (Phi) is 5.74. The van der Waals surface area contributed by atoms with Crippen molar-refractivity contribution in [3.63, 3.8) is 0 Å². The van der Waals surface area contributed by atoms with Crippen LogP contribution in [-0.2, 0) is 10.9 Å². The van der Waals surface area contributed by atoms with E-state index in [-0.39, 0.29) is 30.5 Å². The molecule has 1 unspecified atom stereocenters. The van der Waals surface area contributed by atoms with Crippen LogP contribution in [0.4, 0.5) is 28.2 Å². The van der Waals surface area contributed by atoms with E-state index in [4.69, 9.17) is 11.6 Å². The Hall–Kier alpha value is -1.77. The lowest BCUT2D eigenvalue weighted by atomic mass is 10.1. The molecule has 1 aromatic rings. The van der Waals surface area contributed by atoms with Gasteiger partial charge in [-0.05, 0) is 18.6 Å². The number of carbonyl (C=O) groups excluding carboxylic acids is 1. The van der Waals surface area contributed by atoms with Gasteiger partial charge in [0.1, 0.15) is 11.0 Å². The van der Waals surface area contributed by atoms with Crippen LogP contribution in [0.1, 0.15) is 25.3 Å². The number of alkyl halides is 4. The zero-order chi connectivity index (χ0) is 17.9. The van der Waals surface area contributed by atoms with Gasteiger partial charge in [-0.25, -0.2) is 14.2 Å². The zero-order valence-corrected chi connectivity index (χ0v) is 13.5. The highest BCUT2D eigenvalue weighted by atomic mass is 35.5. The number of carbonyl (C=O) groups is 1. The molecule has 1 N–H and O–H groups in total. The summed E-state index contributed by atoms with van der Waals surface area (Å²) in [6.45, 7) is 1.93. The summed E-state index contributed by atoms with van der Waals surface area (Å²) < 4.78 is 56.6. The van der Waals surface area contributed by atoms with Gasteiger partial charge in [0.2, 0.25) is 6.36 Å². The molecule has 2 heterocycles. The Morgan fingerprint density at radius 2 is 2.17 bits per heavy atom. The molecule has 1 aliphatic heterocycles. The highest BCUT2D eigenvalue weighted by molar-refractivity contribution is 6.29. The van der Waals surface area contributed by atoms with Gasteiger partial charge in [-0.2, -0.15) is 13.2 Å². The zero-order valence-electron chi connectivity index (χ0n) is 12.7. The van der Waals surface area contributed by atoms with Gasteiger partial charge in [-0.1, -0.05) is 18.5 Å². The fourth-order valence-corrected chi connectivity index (χ4v) is 2.38. The van der Waals surface area contributed by atoms with Crippen LogP contribution >= 0.6 is 11.6 Å². The number of aromatic nitrogens is 1. The number of hydrogen-bond donors (Lipinski definition) is 1. The Morgan fingerprint density at radius 1 is 1.50 bits per heavy atom. The number of ether oxygens (including phenoxy) is 1. The molecule has 24 heavy (non-hydrogen) atoms. The number of hydrogen-bond acceptors (Lipinski definition) is 4. The molecule has 10 heteroatoms. The maximum absolute atomic E-state index is 13.2. The second-order valence-corrected chi connectivity index (χ2v) is 5.74. The van der Waals surface area contributed by atoms with Crippen molar-refractivity contribution < 1.29 is 27.1 Å². The van der Waals surface area contributed by atoms with E-state index >= 15 is 0 Å². The molecule has 0 saturated carbocycles. The van der Waals surface area contributed by atoms with E-state index in [1.807, 2.05) is 0 Å². The molecule has 0 aliphatic carbocycles. The molecule has 0 radical (unpaired) electrons. The Labute approximate surface area is 140 Å². The van der Waals surface area contributed by atoms with Crippen LogP contribution in [0.2, 0.25) is 5.15 Å². The van der Waals surface area contributed by atoms with Gasteiger partial charge < -0.3 is 15.0 Å². The number of pyridine rings is 1. The summed E-state index contributed by atoms with van der Waals surface area (Å²) >= 11 is 5.66. The normalized spacial score (nSPS) is 16.5. The number of anilines is 1. The first-order valence-electron chi connectivity index (χ1n) is 7.30. The minimum Gasteiger partial charge on any atom is -0.415 e.